The molecule has 0 aliphatic carbocycles. The lowest BCUT2D eigenvalue weighted by Crippen LogP contribution is -2.39. The lowest BCUT2D eigenvalue weighted by atomic mass is 9.96. The first-order valence-corrected chi connectivity index (χ1v) is 7.81. The van der Waals surface area contributed by atoms with E-state index in [0.29, 0.717) is 5.82 Å². The molecule has 6 nitrogen and oxygen atoms in total. The normalized spacial score (nSPS) is 15.9. The van der Waals surface area contributed by atoms with Crippen molar-refractivity contribution in [2.75, 3.05) is 23.3 Å². The molecule has 0 radical (unpaired) electrons. The molecule has 132 valence electrons. The van der Waals surface area contributed by atoms with Crippen LogP contribution in [0.4, 0.5) is 24.8 Å². The molecule has 1 fully saturated rings. The van der Waals surface area contributed by atoms with Crippen molar-refractivity contribution in [3.8, 4) is 0 Å². The highest BCUT2D eigenvalue weighted by atomic mass is 19.4. The SMILES string of the molecule is O=C(Nc1ccc(N2CCC(C(F)(F)F)CC2)nn1)c1ccccn1. The minimum absolute atomic E-state index is 0.0450. The average molecular weight is 351 g/mol. The first-order valence-electron chi connectivity index (χ1n) is 7.81. The molecular formula is C16H16F3N5O. The Labute approximate surface area is 142 Å². The van der Waals surface area contributed by atoms with Gasteiger partial charge in [-0.2, -0.15) is 13.2 Å². The molecule has 3 heterocycles. The summed E-state index contributed by atoms with van der Waals surface area (Å²) in [5.74, 6) is -0.914. The maximum Gasteiger partial charge on any atom is 0.391 e. The van der Waals surface area contributed by atoms with Crippen LogP contribution in [0.2, 0.25) is 0 Å². The Bertz CT molecular complexity index is 713. The smallest absolute Gasteiger partial charge is 0.355 e. The van der Waals surface area contributed by atoms with Crippen molar-refractivity contribution in [2.24, 2.45) is 5.92 Å². The van der Waals surface area contributed by atoms with Crippen LogP contribution in [0.1, 0.15) is 23.3 Å². The highest BCUT2D eigenvalue weighted by molar-refractivity contribution is 6.02. The van der Waals surface area contributed by atoms with Crippen LogP contribution >= 0.6 is 0 Å². The summed E-state index contributed by atoms with van der Waals surface area (Å²) in [5, 5.41) is 10.5. The standard InChI is InChI=1S/C16H16F3N5O/c17-16(18,19)11-6-9-24(10-7-11)14-5-4-13(22-23-14)21-15(25)12-3-1-2-8-20-12/h1-5,8,11H,6-7,9-10H2,(H,21,22,25). The summed E-state index contributed by atoms with van der Waals surface area (Å²) < 4.78 is 38.1. The minimum Gasteiger partial charge on any atom is -0.355 e. The molecule has 0 unspecified atom stereocenters. The Hall–Kier alpha value is -2.71. The van der Waals surface area contributed by atoms with E-state index in [9.17, 15) is 18.0 Å². The molecule has 1 amide bonds. The van der Waals surface area contributed by atoms with Crippen LogP contribution in [0.5, 0.6) is 0 Å². The lowest BCUT2D eigenvalue weighted by molar-refractivity contribution is -0.179. The number of rotatable bonds is 3. The first kappa shape index (κ1) is 17.1. The second-order valence-corrected chi connectivity index (χ2v) is 5.75. The third kappa shape index (κ3) is 4.23. The van der Waals surface area contributed by atoms with Crippen molar-refractivity contribution in [2.45, 2.75) is 19.0 Å². The predicted molar refractivity (Wildman–Crippen MR) is 85.2 cm³/mol. The van der Waals surface area contributed by atoms with Gasteiger partial charge < -0.3 is 10.2 Å². The number of alkyl halides is 3. The second kappa shape index (κ2) is 7.04. The monoisotopic (exact) mass is 351 g/mol. The molecule has 9 heteroatoms. The number of halogens is 3. The van der Waals surface area contributed by atoms with Gasteiger partial charge in [-0.05, 0) is 37.1 Å². The van der Waals surface area contributed by atoms with Crippen molar-refractivity contribution in [1.82, 2.24) is 15.2 Å². The van der Waals surface area contributed by atoms with Gasteiger partial charge in [0.2, 0.25) is 0 Å². The summed E-state index contributed by atoms with van der Waals surface area (Å²) in [6.45, 7) is 0.553. The number of carbonyl (C=O) groups is 1. The number of pyridine rings is 1. The van der Waals surface area contributed by atoms with E-state index in [0.717, 1.165) is 0 Å². The van der Waals surface area contributed by atoms with E-state index in [1.807, 2.05) is 0 Å². The van der Waals surface area contributed by atoms with Gasteiger partial charge in [0.1, 0.15) is 5.69 Å². The summed E-state index contributed by atoms with van der Waals surface area (Å²) in [6.07, 6.45) is -2.54. The van der Waals surface area contributed by atoms with Crippen LogP contribution in [0.25, 0.3) is 0 Å². The van der Waals surface area contributed by atoms with E-state index in [1.165, 1.54) is 6.20 Å². The number of hydrogen-bond acceptors (Lipinski definition) is 5. The zero-order valence-electron chi connectivity index (χ0n) is 13.2. The van der Waals surface area contributed by atoms with Gasteiger partial charge in [0.15, 0.2) is 11.6 Å². The van der Waals surface area contributed by atoms with E-state index in [1.54, 1.807) is 35.2 Å². The van der Waals surface area contributed by atoms with Crippen LogP contribution < -0.4 is 10.2 Å². The maximum atomic E-state index is 12.7. The number of piperidine rings is 1. The fourth-order valence-electron chi connectivity index (χ4n) is 2.67. The van der Waals surface area contributed by atoms with Crippen molar-refractivity contribution in [1.29, 1.82) is 0 Å². The topological polar surface area (TPSA) is 71.0 Å². The molecule has 0 spiro atoms. The van der Waals surface area contributed by atoms with E-state index in [4.69, 9.17) is 0 Å². The van der Waals surface area contributed by atoms with E-state index in [2.05, 4.69) is 20.5 Å². The van der Waals surface area contributed by atoms with Crippen molar-refractivity contribution in [3.63, 3.8) is 0 Å². The summed E-state index contributed by atoms with van der Waals surface area (Å²) in [7, 11) is 0. The Balaban J connectivity index is 1.59. The van der Waals surface area contributed by atoms with Crippen LogP contribution in [0.3, 0.4) is 0 Å². The second-order valence-electron chi connectivity index (χ2n) is 5.75. The molecule has 1 aliphatic rings. The number of nitrogens with one attached hydrogen (secondary N) is 1. The van der Waals surface area contributed by atoms with Gasteiger partial charge >= 0.3 is 6.18 Å². The van der Waals surface area contributed by atoms with Gasteiger partial charge in [-0.1, -0.05) is 6.07 Å². The molecule has 0 bridgehead atoms. The van der Waals surface area contributed by atoms with Gasteiger partial charge in [0, 0.05) is 19.3 Å². The van der Waals surface area contributed by atoms with Gasteiger partial charge in [-0.15, -0.1) is 10.2 Å². The third-order valence-corrected chi connectivity index (χ3v) is 4.07. The molecule has 2 aromatic rings. The summed E-state index contributed by atoms with van der Waals surface area (Å²) in [6, 6.07) is 8.17. The molecule has 0 aromatic carbocycles. The Morgan fingerprint density at radius 3 is 2.44 bits per heavy atom. The number of amides is 1. The van der Waals surface area contributed by atoms with Crippen LogP contribution in [-0.2, 0) is 0 Å². The molecule has 1 aliphatic heterocycles. The molecular weight excluding hydrogens is 335 g/mol. The molecule has 1 N–H and O–H groups in total. The van der Waals surface area contributed by atoms with E-state index in [-0.39, 0.29) is 37.4 Å². The molecule has 1 saturated heterocycles. The zero-order chi connectivity index (χ0) is 17.9. The number of nitrogens with zero attached hydrogens (tertiary/aromatic N) is 4. The maximum absolute atomic E-state index is 12.7. The number of carbonyl (C=O) groups excluding carboxylic acids is 1. The number of anilines is 2. The number of hydrogen-bond donors (Lipinski definition) is 1. The first-order chi connectivity index (χ1) is 11.9. The Morgan fingerprint density at radius 1 is 1.12 bits per heavy atom. The highest BCUT2D eigenvalue weighted by Crippen LogP contribution is 2.34. The third-order valence-electron chi connectivity index (χ3n) is 4.07. The molecule has 2 aromatic heterocycles. The molecule has 25 heavy (non-hydrogen) atoms. The average Bonchev–Trinajstić information content (AvgIpc) is 2.62. The van der Waals surface area contributed by atoms with Gasteiger partial charge in [0.25, 0.3) is 5.91 Å². The highest BCUT2D eigenvalue weighted by Gasteiger charge is 2.41. The molecule has 0 atom stereocenters. The fourth-order valence-corrected chi connectivity index (χ4v) is 2.67. The van der Waals surface area contributed by atoms with Crippen molar-refractivity contribution < 1.29 is 18.0 Å². The predicted octanol–water partition coefficient (Wildman–Crippen LogP) is 2.90. The van der Waals surface area contributed by atoms with Gasteiger partial charge in [-0.25, -0.2) is 0 Å². The van der Waals surface area contributed by atoms with Gasteiger partial charge in [-0.3, -0.25) is 9.78 Å². The quantitative estimate of drug-likeness (QED) is 0.921. The van der Waals surface area contributed by atoms with Crippen molar-refractivity contribution in [3.05, 3.63) is 42.2 Å². The number of aromatic nitrogens is 3. The summed E-state index contributed by atoms with van der Waals surface area (Å²) >= 11 is 0. The molecule has 3 rings (SSSR count). The minimum atomic E-state index is -4.14. The van der Waals surface area contributed by atoms with Crippen LogP contribution in [0, 0.1) is 5.92 Å². The summed E-state index contributed by atoms with van der Waals surface area (Å²) in [5.41, 5.74) is 0.252. The molecule has 0 saturated carbocycles. The van der Waals surface area contributed by atoms with E-state index >= 15 is 0 Å². The van der Waals surface area contributed by atoms with E-state index < -0.39 is 18.0 Å². The fraction of sp³-hybridized carbons (Fsp3) is 0.375. The zero-order valence-corrected chi connectivity index (χ0v) is 13.2. The summed E-state index contributed by atoms with van der Waals surface area (Å²) in [4.78, 5) is 17.7. The van der Waals surface area contributed by atoms with Gasteiger partial charge in [0.05, 0.1) is 5.92 Å². The largest absolute Gasteiger partial charge is 0.391 e. The Morgan fingerprint density at radius 2 is 1.88 bits per heavy atom. The van der Waals surface area contributed by atoms with Crippen LogP contribution in [-0.4, -0.2) is 40.4 Å². The van der Waals surface area contributed by atoms with Crippen molar-refractivity contribution >= 4 is 17.5 Å². The lowest BCUT2D eigenvalue weighted by Gasteiger charge is -2.33. The van der Waals surface area contributed by atoms with Crippen LogP contribution in [0.15, 0.2) is 36.5 Å². The Kier molecular flexibility index (Phi) is 4.82.